The molecular formula is C23H27N3O6S. The third kappa shape index (κ3) is 5.58. The molecule has 0 aromatic heterocycles. The van der Waals surface area contributed by atoms with Crippen molar-refractivity contribution in [1.82, 2.24) is 4.90 Å². The van der Waals surface area contributed by atoms with E-state index in [1.807, 2.05) is 6.92 Å². The summed E-state index contributed by atoms with van der Waals surface area (Å²) in [7, 11) is -2.27. The minimum Gasteiger partial charge on any atom is -0.497 e. The van der Waals surface area contributed by atoms with Gasteiger partial charge in [0.1, 0.15) is 11.8 Å². The summed E-state index contributed by atoms with van der Waals surface area (Å²) < 4.78 is 28.0. The first-order chi connectivity index (χ1) is 15.7. The van der Waals surface area contributed by atoms with E-state index in [1.165, 1.54) is 24.1 Å². The highest BCUT2D eigenvalue weighted by atomic mass is 32.2. The van der Waals surface area contributed by atoms with Crippen LogP contribution in [0.4, 0.5) is 5.69 Å². The first kappa shape index (κ1) is 24.4. The maximum Gasteiger partial charge on any atom is 0.257 e. The Labute approximate surface area is 193 Å². The summed E-state index contributed by atoms with van der Waals surface area (Å²) in [5, 5.41) is 5.13. The minimum absolute atomic E-state index is 0.00290. The van der Waals surface area contributed by atoms with Gasteiger partial charge in [0, 0.05) is 13.0 Å². The molecule has 0 aliphatic carbocycles. The predicted octanol–water partition coefficient (Wildman–Crippen LogP) is 1.85. The molecule has 10 heteroatoms. The Hall–Kier alpha value is -3.24. The highest BCUT2D eigenvalue weighted by Crippen LogP contribution is 2.28. The zero-order chi connectivity index (χ0) is 24.2. The summed E-state index contributed by atoms with van der Waals surface area (Å²) in [6, 6.07) is 11.7. The number of benzene rings is 2. The summed E-state index contributed by atoms with van der Waals surface area (Å²) in [6.07, 6.45) is 1.16. The van der Waals surface area contributed by atoms with Crippen molar-refractivity contribution in [3.8, 4) is 5.75 Å². The van der Waals surface area contributed by atoms with Crippen LogP contribution in [-0.4, -0.2) is 50.7 Å². The third-order valence-corrected chi connectivity index (χ3v) is 6.44. The van der Waals surface area contributed by atoms with Crippen LogP contribution >= 0.6 is 0 Å². The smallest absolute Gasteiger partial charge is 0.257 e. The zero-order valence-electron chi connectivity index (χ0n) is 18.6. The number of rotatable bonds is 9. The van der Waals surface area contributed by atoms with Crippen molar-refractivity contribution in [3.63, 3.8) is 0 Å². The van der Waals surface area contributed by atoms with E-state index >= 15 is 0 Å². The van der Waals surface area contributed by atoms with E-state index in [0.717, 1.165) is 10.5 Å². The van der Waals surface area contributed by atoms with E-state index in [2.05, 4.69) is 0 Å². The average molecular weight is 474 g/mol. The van der Waals surface area contributed by atoms with Gasteiger partial charge in [-0.1, -0.05) is 19.1 Å². The monoisotopic (exact) mass is 473 g/mol. The van der Waals surface area contributed by atoms with Crippen LogP contribution in [0.2, 0.25) is 0 Å². The largest absolute Gasteiger partial charge is 0.497 e. The second-order valence-electron chi connectivity index (χ2n) is 7.76. The van der Waals surface area contributed by atoms with Crippen LogP contribution in [0.5, 0.6) is 5.75 Å². The molecule has 1 atom stereocenters. The van der Waals surface area contributed by atoms with Gasteiger partial charge in [0.15, 0.2) is 0 Å². The van der Waals surface area contributed by atoms with Gasteiger partial charge in [0.05, 0.1) is 24.1 Å². The summed E-state index contributed by atoms with van der Waals surface area (Å²) in [5.74, 6) is -0.426. The number of primary sulfonamides is 1. The molecule has 0 radical (unpaired) electrons. The Balaban J connectivity index is 1.79. The first-order valence-corrected chi connectivity index (χ1v) is 12.1. The predicted molar refractivity (Wildman–Crippen MR) is 122 cm³/mol. The Morgan fingerprint density at radius 3 is 2.30 bits per heavy atom. The van der Waals surface area contributed by atoms with Crippen molar-refractivity contribution in [2.24, 2.45) is 5.14 Å². The molecule has 2 aromatic rings. The number of nitrogens with zero attached hydrogens (tertiary/aromatic N) is 2. The number of ether oxygens (including phenoxy) is 1. The first-order valence-electron chi connectivity index (χ1n) is 10.6. The van der Waals surface area contributed by atoms with E-state index < -0.39 is 22.0 Å². The lowest BCUT2D eigenvalue weighted by Crippen LogP contribution is -2.46. The minimum atomic E-state index is -3.80. The van der Waals surface area contributed by atoms with Gasteiger partial charge in [-0.3, -0.25) is 14.4 Å². The summed E-state index contributed by atoms with van der Waals surface area (Å²) in [5.41, 5.74) is 1.20. The van der Waals surface area contributed by atoms with E-state index in [9.17, 15) is 22.8 Å². The SMILES string of the molecule is CCCC(=O)N(CCc1ccc(S(N)(=O)=O)cc1)C1CC(=O)N(c2ccc(OC)cc2)C1=O. The van der Waals surface area contributed by atoms with Crippen LogP contribution in [0.3, 0.4) is 0 Å². The molecule has 1 aliphatic heterocycles. The van der Waals surface area contributed by atoms with Crippen LogP contribution in [-0.2, 0) is 30.8 Å². The highest BCUT2D eigenvalue weighted by Gasteiger charge is 2.44. The molecule has 1 fully saturated rings. The number of imide groups is 1. The molecule has 0 saturated carbocycles. The Morgan fingerprint density at radius 2 is 1.76 bits per heavy atom. The number of anilines is 1. The van der Waals surface area contributed by atoms with Crippen molar-refractivity contribution >= 4 is 33.4 Å². The fourth-order valence-electron chi connectivity index (χ4n) is 3.77. The fourth-order valence-corrected chi connectivity index (χ4v) is 4.28. The lowest BCUT2D eigenvalue weighted by atomic mass is 10.1. The standard InChI is InChI=1S/C23H27N3O6S/c1-3-4-21(27)25(14-13-16-5-11-19(12-6-16)33(24,30)31)20-15-22(28)26(23(20)29)17-7-9-18(32-2)10-8-17/h5-12,20H,3-4,13-15H2,1-2H3,(H2,24,30,31). The second kappa shape index (κ2) is 10.1. The molecule has 1 aliphatic rings. The lowest BCUT2D eigenvalue weighted by molar-refractivity contribution is -0.138. The summed E-state index contributed by atoms with van der Waals surface area (Å²) in [4.78, 5) is 41.3. The van der Waals surface area contributed by atoms with Gasteiger partial charge in [-0.15, -0.1) is 0 Å². The molecule has 2 aromatic carbocycles. The van der Waals surface area contributed by atoms with E-state index in [1.54, 1.807) is 36.4 Å². The van der Waals surface area contributed by atoms with E-state index in [4.69, 9.17) is 9.88 Å². The topological polar surface area (TPSA) is 127 Å². The van der Waals surface area contributed by atoms with Crippen molar-refractivity contribution < 1.29 is 27.5 Å². The highest BCUT2D eigenvalue weighted by molar-refractivity contribution is 7.89. The van der Waals surface area contributed by atoms with Gasteiger partial charge >= 0.3 is 0 Å². The quantitative estimate of drug-likeness (QED) is 0.554. The molecule has 9 nitrogen and oxygen atoms in total. The van der Waals surface area contributed by atoms with E-state index in [-0.39, 0.29) is 36.1 Å². The number of hydrogen-bond donors (Lipinski definition) is 1. The van der Waals surface area contributed by atoms with Gasteiger partial charge in [0.2, 0.25) is 21.8 Å². The van der Waals surface area contributed by atoms with Gasteiger partial charge in [0.25, 0.3) is 5.91 Å². The molecule has 33 heavy (non-hydrogen) atoms. The number of carbonyl (C=O) groups excluding carboxylic acids is 3. The van der Waals surface area contributed by atoms with Crippen molar-refractivity contribution in [3.05, 3.63) is 54.1 Å². The van der Waals surface area contributed by atoms with Gasteiger partial charge < -0.3 is 9.64 Å². The third-order valence-electron chi connectivity index (χ3n) is 5.51. The molecule has 1 heterocycles. The number of amides is 3. The number of hydrogen-bond acceptors (Lipinski definition) is 6. The van der Waals surface area contributed by atoms with Crippen molar-refractivity contribution in [1.29, 1.82) is 0 Å². The number of carbonyl (C=O) groups is 3. The van der Waals surface area contributed by atoms with Crippen LogP contribution in [0.25, 0.3) is 0 Å². The number of methoxy groups -OCH3 is 1. The molecule has 176 valence electrons. The Bertz CT molecular complexity index is 1130. The molecule has 3 amide bonds. The normalized spacial score (nSPS) is 16.2. The molecule has 1 unspecified atom stereocenters. The maximum absolute atomic E-state index is 13.2. The van der Waals surface area contributed by atoms with Crippen LogP contribution in [0.1, 0.15) is 31.7 Å². The van der Waals surface area contributed by atoms with Crippen molar-refractivity contribution in [2.75, 3.05) is 18.6 Å². The van der Waals surface area contributed by atoms with Crippen LogP contribution < -0.4 is 14.8 Å². The maximum atomic E-state index is 13.2. The van der Waals surface area contributed by atoms with Gasteiger partial charge in [-0.2, -0.15) is 0 Å². The Kier molecular flexibility index (Phi) is 7.50. The number of sulfonamides is 1. The molecule has 0 spiro atoms. The van der Waals surface area contributed by atoms with Crippen LogP contribution in [0.15, 0.2) is 53.4 Å². The lowest BCUT2D eigenvalue weighted by Gasteiger charge is -2.28. The molecule has 3 rings (SSSR count). The molecule has 2 N–H and O–H groups in total. The zero-order valence-corrected chi connectivity index (χ0v) is 19.4. The van der Waals surface area contributed by atoms with Gasteiger partial charge in [-0.05, 0) is 54.8 Å². The number of nitrogens with two attached hydrogens (primary N) is 1. The van der Waals surface area contributed by atoms with Gasteiger partial charge in [-0.25, -0.2) is 18.5 Å². The summed E-state index contributed by atoms with van der Waals surface area (Å²) in [6.45, 7) is 2.08. The van der Waals surface area contributed by atoms with Crippen LogP contribution in [0, 0.1) is 0 Å². The van der Waals surface area contributed by atoms with E-state index in [0.29, 0.717) is 24.3 Å². The second-order valence-corrected chi connectivity index (χ2v) is 9.32. The summed E-state index contributed by atoms with van der Waals surface area (Å²) >= 11 is 0. The average Bonchev–Trinajstić information content (AvgIpc) is 3.07. The fraction of sp³-hybridized carbons (Fsp3) is 0.348. The van der Waals surface area contributed by atoms with Crippen molar-refractivity contribution in [2.45, 2.75) is 43.5 Å². The molecule has 1 saturated heterocycles. The molecular weight excluding hydrogens is 446 g/mol. The molecule has 0 bridgehead atoms. The Morgan fingerprint density at radius 1 is 1.12 bits per heavy atom.